The molecule has 0 unspecified atom stereocenters. The molecule has 0 atom stereocenters. The van der Waals surface area contributed by atoms with Crippen molar-refractivity contribution in [1.82, 2.24) is 4.98 Å². The fraction of sp³-hybridized carbons (Fsp3) is 0. The zero-order chi connectivity index (χ0) is 15.5. The van der Waals surface area contributed by atoms with E-state index in [1.807, 2.05) is 6.07 Å². The van der Waals surface area contributed by atoms with Crippen molar-refractivity contribution in [2.24, 2.45) is 10.2 Å². The van der Waals surface area contributed by atoms with Gasteiger partial charge >= 0.3 is 0 Å². The number of azo groups is 1. The predicted molar refractivity (Wildman–Crippen MR) is 81.0 cm³/mol. The number of rotatable bonds is 3. The number of nitro groups is 1. The van der Waals surface area contributed by atoms with E-state index in [-0.39, 0.29) is 22.6 Å². The highest BCUT2D eigenvalue weighted by Gasteiger charge is 2.15. The van der Waals surface area contributed by atoms with Crippen LogP contribution in [0.5, 0.6) is 0 Å². The molecule has 3 rings (SSSR count). The Bertz CT molecular complexity index is 901. The van der Waals surface area contributed by atoms with Gasteiger partial charge < -0.3 is 4.98 Å². The lowest BCUT2D eigenvalue weighted by atomic mass is 10.2. The Kier molecular flexibility index (Phi) is 3.45. The second kappa shape index (κ2) is 5.57. The van der Waals surface area contributed by atoms with Gasteiger partial charge in [0.25, 0.3) is 11.2 Å². The lowest BCUT2D eigenvalue weighted by Crippen LogP contribution is -1.95. The molecule has 0 saturated heterocycles. The zero-order valence-electron chi connectivity index (χ0n) is 11.3. The van der Waals surface area contributed by atoms with Crippen LogP contribution in [-0.2, 0) is 0 Å². The largest absolute Gasteiger partial charge is 0.320 e. The molecule has 1 aromatic carbocycles. The molecule has 1 N–H and O–H groups in total. The number of hydrogen-bond donors (Lipinski definition) is 1. The van der Waals surface area contributed by atoms with Crippen LogP contribution in [0.4, 0.5) is 17.1 Å². The van der Waals surface area contributed by atoms with E-state index < -0.39 is 4.92 Å². The smallest absolute Gasteiger partial charge is 0.296 e. The first kappa shape index (κ1) is 13.6. The summed E-state index contributed by atoms with van der Waals surface area (Å²) in [6, 6.07) is 14.9. The van der Waals surface area contributed by atoms with Crippen molar-refractivity contribution in [1.29, 1.82) is 0 Å². The predicted octanol–water partition coefficient (Wildman–Crippen LogP) is 3.80. The summed E-state index contributed by atoms with van der Waals surface area (Å²) in [4.78, 5) is 25.0. The fourth-order valence-corrected chi connectivity index (χ4v) is 2.07. The minimum absolute atomic E-state index is 0.0987. The molecule has 2 aliphatic rings. The first-order valence-corrected chi connectivity index (χ1v) is 6.43. The molecule has 1 aliphatic carbocycles. The number of H-pyrrole nitrogens is 1. The van der Waals surface area contributed by atoms with Gasteiger partial charge in [-0.15, -0.1) is 10.2 Å². The molecule has 1 aliphatic heterocycles. The highest BCUT2D eigenvalue weighted by molar-refractivity contribution is 5.74. The van der Waals surface area contributed by atoms with Crippen molar-refractivity contribution in [2.45, 2.75) is 0 Å². The van der Waals surface area contributed by atoms with Crippen LogP contribution in [-0.4, -0.2) is 9.91 Å². The molecule has 0 radical (unpaired) electrons. The Morgan fingerprint density at radius 1 is 0.955 bits per heavy atom. The highest BCUT2D eigenvalue weighted by Crippen LogP contribution is 2.31. The van der Waals surface area contributed by atoms with Gasteiger partial charge in [-0.1, -0.05) is 36.4 Å². The van der Waals surface area contributed by atoms with Gasteiger partial charge in [-0.2, -0.15) is 0 Å². The molecule has 0 amide bonds. The Hall–Kier alpha value is -3.35. The topological polar surface area (TPSA) is 101 Å². The molecule has 108 valence electrons. The van der Waals surface area contributed by atoms with E-state index >= 15 is 0 Å². The van der Waals surface area contributed by atoms with Crippen LogP contribution in [0.2, 0.25) is 0 Å². The van der Waals surface area contributed by atoms with E-state index in [2.05, 4.69) is 15.2 Å². The van der Waals surface area contributed by atoms with Gasteiger partial charge in [-0.25, -0.2) is 0 Å². The van der Waals surface area contributed by atoms with Crippen molar-refractivity contribution in [3.8, 4) is 11.3 Å². The Morgan fingerprint density at radius 2 is 1.68 bits per heavy atom. The van der Waals surface area contributed by atoms with Gasteiger partial charge in [0.05, 0.1) is 10.6 Å². The third-order valence-electron chi connectivity index (χ3n) is 3.09. The summed E-state index contributed by atoms with van der Waals surface area (Å²) in [6.07, 6.45) is 0. The SMILES string of the molecule is O=c1[nH]c2cccccc-2c1/N=N/c1ccccc1[N+](=O)[O-]. The molecule has 22 heavy (non-hydrogen) atoms. The summed E-state index contributed by atoms with van der Waals surface area (Å²) >= 11 is 0. The molecule has 7 nitrogen and oxygen atoms in total. The summed E-state index contributed by atoms with van der Waals surface area (Å²) < 4.78 is 0. The fourth-order valence-electron chi connectivity index (χ4n) is 2.07. The summed E-state index contributed by atoms with van der Waals surface area (Å²) in [5, 5.41) is 18.7. The van der Waals surface area contributed by atoms with Crippen molar-refractivity contribution < 1.29 is 4.92 Å². The number of benzene rings is 1. The quantitative estimate of drug-likeness (QED) is 0.451. The van der Waals surface area contributed by atoms with Crippen LogP contribution in [0.15, 0.2) is 69.6 Å². The first-order chi connectivity index (χ1) is 10.7. The van der Waals surface area contributed by atoms with Crippen molar-refractivity contribution in [2.75, 3.05) is 0 Å². The third kappa shape index (κ3) is 2.47. The van der Waals surface area contributed by atoms with Gasteiger partial charge in [0, 0.05) is 11.6 Å². The van der Waals surface area contributed by atoms with Crippen LogP contribution in [0.1, 0.15) is 0 Å². The van der Waals surface area contributed by atoms with Crippen LogP contribution >= 0.6 is 0 Å². The number of para-hydroxylation sites is 1. The molecule has 1 heterocycles. The molecule has 0 spiro atoms. The number of hydrogen-bond acceptors (Lipinski definition) is 5. The average molecular weight is 294 g/mol. The molecule has 0 saturated carbocycles. The summed E-state index contributed by atoms with van der Waals surface area (Å²) in [7, 11) is 0. The maximum atomic E-state index is 11.9. The van der Waals surface area contributed by atoms with Crippen LogP contribution < -0.4 is 5.56 Å². The molecular weight excluding hydrogens is 284 g/mol. The Morgan fingerprint density at radius 3 is 2.50 bits per heavy atom. The number of aromatic nitrogens is 1. The van der Waals surface area contributed by atoms with Crippen molar-refractivity contribution >= 4 is 17.1 Å². The lowest BCUT2D eigenvalue weighted by molar-refractivity contribution is -0.384. The third-order valence-corrected chi connectivity index (χ3v) is 3.09. The molecule has 7 heteroatoms. The second-order valence-electron chi connectivity index (χ2n) is 4.49. The minimum atomic E-state index is -0.540. The lowest BCUT2D eigenvalue weighted by Gasteiger charge is -1.95. The maximum Gasteiger partial charge on any atom is 0.296 e. The van der Waals surface area contributed by atoms with Crippen molar-refractivity contribution in [3.63, 3.8) is 0 Å². The first-order valence-electron chi connectivity index (χ1n) is 6.43. The van der Waals surface area contributed by atoms with E-state index in [1.165, 1.54) is 12.1 Å². The minimum Gasteiger partial charge on any atom is -0.320 e. The van der Waals surface area contributed by atoms with E-state index in [0.29, 0.717) is 11.3 Å². The van der Waals surface area contributed by atoms with Crippen LogP contribution in [0.3, 0.4) is 0 Å². The van der Waals surface area contributed by atoms with E-state index in [4.69, 9.17) is 0 Å². The van der Waals surface area contributed by atoms with Crippen molar-refractivity contribution in [3.05, 3.63) is 75.1 Å². The molecule has 0 fully saturated rings. The average Bonchev–Trinajstić information content (AvgIpc) is 2.67. The maximum absolute atomic E-state index is 11.9. The van der Waals surface area contributed by atoms with E-state index in [9.17, 15) is 14.9 Å². The number of aromatic amines is 1. The molecule has 1 aromatic rings. The zero-order valence-corrected chi connectivity index (χ0v) is 11.3. The van der Waals surface area contributed by atoms with Gasteiger partial charge in [-0.3, -0.25) is 14.9 Å². The van der Waals surface area contributed by atoms with Gasteiger partial charge in [0.1, 0.15) is 0 Å². The van der Waals surface area contributed by atoms with Crippen LogP contribution in [0, 0.1) is 10.1 Å². The number of nitrogens with zero attached hydrogens (tertiary/aromatic N) is 3. The normalized spacial score (nSPS) is 11.1. The molecular formula is C15H10N4O3. The summed E-state index contributed by atoms with van der Waals surface area (Å²) in [5.74, 6) is 0. The second-order valence-corrected chi connectivity index (χ2v) is 4.49. The number of nitro benzene ring substituents is 1. The Balaban J connectivity index is 2.07. The van der Waals surface area contributed by atoms with Gasteiger partial charge in [0.15, 0.2) is 11.4 Å². The molecule has 0 bridgehead atoms. The highest BCUT2D eigenvalue weighted by atomic mass is 16.6. The molecule has 0 aromatic heterocycles. The standard InChI is InChI=1S/C15H10N4O3/c20-15-14(10-6-2-1-3-7-11(10)16-15)18-17-12-8-4-5-9-13(12)19(21)22/h1-9H,(H,16,20)/b18-17+. The Labute approximate surface area is 124 Å². The van der Waals surface area contributed by atoms with Crippen LogP contribution in [0.25, 0.3) is 11.3 Å². The summed E-state index contributed by atoms with van der Waals surface area (Å²) in [5.41, 5.74) is 0.919. The van der Waals surface area contributed by atoms with E-state index in [1.54, 1.807) is 36.4 Å². The number of nitrogens with one attached hydrogen (secondary N) is 1. The van der Waals surface area contributed by atoms with Gasteiger partial charge in [0.2, 0.25) is 0 Å². The monoisotopic (exact) mass is 294 g/mol. The summed E-state index contributed by atoms with van der Waals surface area (Å²) in [6.45, 7) is 0. The number of fused-ring (bicyclic) bond motifs is 1. The van der Waals surface area contributed by atoms with E-state index in [0.717, 1.165) is 0 Å². The van der Waals surface area contributed by atoms with Gasteiger partial charge in [-0.05, 0) is 12.1 Å².